The quantitative estimate of drug-likeness (QED) is 0.853. The molecule has 0 aromatic carbocycles. The van der Waals surface area contributed by atoms with Gasteiger partial charge in [0.15, 0.2) is 0 Å². The predicted octanol–water partition coefficient (Wildman–Crippen LogP) is 3.41. The Kier molecular flexibility index (Phi) is 4.34. The van der Waals surface area contributed by atoms with Gasteiger partial charge in [0, 0.05) is 29.6 Å². The number of aryl methyl sites for hydroxylation is 1. The molecule has 0 amide bonds. The van der Waals surface area contributed by atoms with Crippen LogP contribution in [0.25, 0.3) is 0 Å². The number of hydrogen-bond acceptors (Lipinski definition) is 4. The number of thiazole rings is 1. The van der Waals surface area contributed by atoms with E-state index in [2.05, 4.69) is 24.1 Å². The zero-order valence-corrected chi connectivity index (χ0v) is 11.0. The zero-order chi connectivity index (χ0) is 12.1. The first kappa shape index (κ1) is 12.3. The van der Waals surface area contributed by atoms with Crippen molar-refractivity contribution in [1.82, 2.24) is 10.3 Å². The normalized spacial score (nSPS) is 14.7. The highest BCUT2D eigenvalue weighted by Crippen LogP contribution is 2.17. The fraction of sp³-hybridized carbons (Fsp3) is 0.462. The number of rotatable bonds is 6. The average molecular weight is 250 g/mol. The van der Waals surface area contributed by atoms with Crippen LogP contribution in [-0.4, -0.2) is 11.0 Å². The van der Waals surface area contributed by atoms with E-state index in [0.717, 1.165) is 18.6 Å². The van der Waals surface area contributed by atoms with Gasteiger partial charge in [0.25, 0.3) is 0 Å². The topological polar surface area (TPSA) is 38.1 Å². The highest BCUT2D eigenvalue weighted by Gasteiger charge is 2.11. The van der Waals surface area contributed by atoms with Crippen LogP contribution in [0.3, 0.4) is 0 Å². The van der Waals surface area contributed by atoms with Gasteiger partial charge in [0.05, 0.1) is 11.8 Å². The Morgan fingerprint density at radius 2 is 2.35 bits per heavy atom. The summed E-state index contributed by atoms with van der Waals surface area (Å²) in [6.07, 6.45) is 5.72. The van der Waals surface area contributed by atoms with E-state index in [1.54, 1.807) is 17.6 Å². The Morgan fingerprint density at radius 1 is 1.47 bits per heavy atom. The molecule has 4 heteroatoms. The smallest absolute Gasteiger partial charge is 0.103 e. The van der Waals surface area contributed by atoms with Crippen molar-refractivity contribution in [3.63, 3.8) is 0 Å². The van der Waals surface area contributed by atoms with Crippen LogP contribution in [0.5, 0.6) is 0 Å². The molecule has 17 heavy (non-hydrogen) atoms. The molecule has 0 aliphatic heterocycles. The van der Waals surface area contributed by atoms with Crippen molar-refractivity contribution in [3.05, 3.63) is 40.7 Å². The lowest BCUT2D eigenvalue weighted by molar-refractivity contribution is 0.433. The van der Waals surface area contributed by atoms with E-state index in [1.165, 1.54) is 4.88 Å². The van der Waals surface area contributed by atoms with Crippen molar-refractivity contribution < 1.29 is 4.42 Å². The molecule has 2 rings (SSSR count). The van der Waals surface area contributed by atoms with Gasteiger partial charge in [-0.2, -0.15) is 0 Å². The van der Waals surface area contributed by atoms with Gasteiger partial charge in [0.2, 0.25) is 0 Å². The molecular weight excluding hydrogens is 232 g/mol. The van der Waals surface area contributed by atoms with Crippen LogP contribution in [0.1, 0.15) is 36.9 Å². The van der Waals surface area contributed by atoms with Crippen LogP contribution in [0.2, 0.25) is 0 Å². The summed E-state index contributed by atoms with van der Waals surface area (Å²) in [6.45, 7) is 4.39. The number of hydrogen-bond donors (Lipinski definition) is 1. The molecule has 2 atom stereocenters. The first-order valence-corrected chi connectivity index (χ1v) is 6.80. The van der Waals surface area contributed by atoms with Crippen molar-refractivity contribution in [3.8, 4) is 0 Å². The van der Waals surface area contributed by atoms with E-state index >= 15 is 0 Å². The Labute approximate surface area is 106 Å². The predicted molar refractivity (Wildman–Crippen MR) is 70.2 cm³/mol. The van der Waals surface area contributed by atoms with Gasteiger partial charge in [-0.3, -0.25) is 4.98 Å². The van der Waals surface area contributed by atoms with Crippen molar-refractivity contribution >= 4 is 11.3 Å². The molecule has 1 N–H and O–H groups in total. The minimum absolute atomic E-state index is 0.370. The minimum Gasteiger partial charge on any atom is -0.469 e. The summed E-state index contributed by atoms with van der Waals surface area (Å²) in [7, 11) is 0. The maximum absolute atomic E-state index is 5.33. The van der Waals surface area contributed by atoms with Crippen LogP contribution < -0.4 is 5.32 Å². The third kappa shape index (κ3) is 3.68. The summed E-state index contributed by atoms with van der Waals surface area (Å²) < 4.78 is 5.33. The summed E-state index contributed by atoms with van der Waals surface area (Å²) in [5.41, 5.74) is 1.88. The van der Waals surface area contributed by atoms with Gasteiger partial charge in [-0.15, -0.1) is 11.3 Å². The lowest BCUT2D eigenvalue weighted by atomic mass is 10.1. The van der Waals surface area contributed by atoms with E-state index in [1.807, 2.05) is 23.8 Å². The zero-order valence-electron chi connectivity index (χ0n) is 10.2. The van der Waals surface area contributed by atoms with E-state index in [0.29, 0.717) is 12.1 Å². The van der Waals surface area contributed by atoms with Crippen LogP contribution in [0, 0.1) is 0 Å². The van der Waals surface area contributed by atoms with Crippen molar-refractivity contribution in [1.29, 1.82) is 0 Å². The van der Waals surface area contributed by atoms with Crippen molar-refractivity contribution in [2.75, 3.05) is 0 Å². The molecule has 0 saturated carbocycles. The van der Waals surface area contributed by atoms with E-state index in [4.69, 9.17) is 4.42 Å². The van der Waals surface area contributed by atoms with E-state index in [9.17, 15) is 0 Å². The van der Waals surface area contributed by atoms with Crippen LogP contribution in [0.15, 0.2) is 34.5 Å². The second kappa shape index (κ2) is 5.98. The van der Waals surface area contributed by atoms with Crippen molar-refractivity contribution in [2.45, 2.75) is 38.8 Å². The molecular formula is C13H18N2OS. The molecule has 0 aliphatic rings. The Morgan fingerprint density at radius 3 is 3.00 bits per heavy atom. The molecule has 2 aromatic heterocycles. The largest absolute Gasteiger partial charge is 0.469 e. The first-order valence-electron chi connectivity index (χ1n) is 5.92. The molecule has 0 aliphatic carbocycles. The van der Waals surface area contributed by atoms with Gasteiger partial charge < -0.3 is 9.73 Å². The van der Waals surface area contributed by atoms with Crippen LogP contribution in [0.4, 0.5) is 0 Å². The number of furan rings is 1. The number of nitrogens with zero attached hydrogens (tertiary/aromatic N) is 1. The van der Waals surface area contributed by atoms with Gasteiger partial charge in [-0.1, -0.05) is 0 Å². The summed E-state index contributed by atoms with van der Waals surface area (Å²) >= 11 is 1.70. The average Bonchev–Trinajstić information content (AvgIpc) is 2.99. The summed E-state index contributed by atoms with van der Waals surface area (Å²) in [5, 5.41) is 3.57. The molecule has 2 heterocycles. The lowest BCUT2D eigenvalue weighted by Gasteiger charge is -2.18. The Balaban J connectivity index is 1.75. The fourth-order valence-electron chi connectivity index (χ4n) is 1.85. The summed E-state index contributed by atoms with van der Waals surface area (Å²) in [6, 6.07) is 4.80. The highest BCUT2D eigenvalue weighted by atomic mass is 32.1. The van der Waals surface area contributed by atoms with Gasteiger partial charge in [-0.25, -0.2) is 0 Å². The molecule has 0 spiro atoms. The molecule has 2 unspecified atom stereocenters. The molecule has 0 radical (unpaired) electrons. The molecule has 0 bridgehead atoms. The van der Waals surface area contributed by atoms with Gasteiger partial charge >= 0.3 is 0 Å². The molecule has 0 fully saturated rings. The summed E-state index contributed by atoms with van der Waals surface area (Å²) in [4.78, 5) is 5.39. The Bertz CT molecular complexity index is 411. The number of aromatic nitrogens is 1. The second-order valence-corrected chi connectivity index (χ2v) is 5.23. The second-order valence-electron chi connectivity index (χ2n) is 4.31. The maximum atomic E-state index is 5.33. The molecule has 92 valence electrons. The standard InChI is InChI=1S/C13H18N2OS/c1-10(5-6-12-4-3-7-16-12)15-11(2)13-8-14-9-17-13/h3-4,7-11,15H,5-6H2,1-2H3. The third-order valence-corrected chi connectivity index (χ3v) is 3.77. The molecule has 2 aromatic rings. The maximum Gasteiger partial charge on any atom is 0.103 e. The van der Waals surface area contributed by atoms with Crippen LogP contribution >= 0.6 is 11.3 Å². The monoisotopic (exact) mass is 250 g/mol. The SMILES string of the molecule is CC(CCc1ccco1)NC(C)c1cncs1. The van der Waals surface area contributed by atoms with Crippen molar-refractivity contribution in [2.24, 2.45) is 0 Å². The fourth-order valence-corrected chi connectivity index (χ4v) is 2.48. The number of nitrogens with one attached hydrogen (secondary N) is 1. The van der Waals surface area contributed by atoms with E-state index < -0.39 is 0 Å². The Hall–Kier alpha value is -1.13. The van der Waals surface area contributed by atoms with Gasteiger partial charge in [0.1, 0.15) is 5.76 Å². The van der Waals surface area contributed by atoms with Gasteiger partial charge in [-0.05, 0) is 32.4 Å². The highest BCUT2D eigenvalue weighted by molar-refractivity contribution is 7.09. The molecule has 0 saturated heterocycles. The third-order valence-electron chi connectivity index (χ3n) is 2.82. The van der Waals surface area contributed by atoms with Crippen LogP contribution in [-0.2, 0) is 6.42 Å². The lowest BCUT2D eigenvalue weighted by Crippen LogP contribution is -2.28. The van der Waals surface area contributed by atoms with E-state index in [-0.39, 0.29) is 0 Å². The molecule has 3 nitrogen and oxygen atoms in total. The first-order chi connectivity index (χ1) is 8.25. The summed E-state index contributed by atoms with van der Waals surface area (Å²) in [5.74, 6) is 1.06. The minimum atomic E-state index is 0.370.